The van der Waals surface area contributed by atoms with Crippen LogP contribution in [0.4, 0.5) is 5.82 Å². The summed E-state index contributed by atoms with van der Waals surface area (Å²) < 4.78 is 6.18. The molecule has 3 aromatic rings. The highest BCUT2D eigenvalue weighted by Crippen LogP contribution is 2.38. The molecule has 1 aromatic heterocycles. The van der Waals surface area contributed by atoms with E-state index in [0.717, 1.165) is 48.3 Å². The minimum Gasteiger partial charge on any atom is -0.507 e. The van der Waals surface area contributed by atoms with Crippen molar-refractivity contribution in [2.24, 2.45) is 0 Å². The molecule has 0 aliphatic carbocycles. The lowest BCUT2D eigenvalue weighted by molar-refractivity contribution is 0.188. The zero-order valence-corrected chi connectivity index (χ0v) is 20.1. The molecule has 3 aliphatic rings. The summed E-state index contributed by atoms with van der Waals surface area (Å²) >= 11 is 6.44. The van der Waals surface area contributed by atoms with E-state index < -0.39 is 0 Å². The predicted molar refractivity (Wildman–Crippen MR) is 135 cm³/mol. The van der Waals surface area contributed by atoms with Crippen LogP contribution in [0.1, 0.15) is 25.7 Å². The van der Waals surface area contributed by atoms with Crippen LogP contribution in [0.2, 0.25) is 5.02 Å². The highest BCUT2D eigenvalue weighted by atomic mass is 35.5. The zero-order valence-electron chi connectivity index (χ0n) is 19.4. The molecular formula is C26H30ClN5O2. The van der Waals surface area contributed by atoms with Crippen LogP contribution in [0.25, 0.3) is 22.0 Å². The summed E-state index contributed by atoms with van der Waals surface area (Å²) in [5, 5.41) is 15.7. The minimum atomic E-state index is 0.153. The molecule has 3 fully saturated rings. The molecule has 2 N–H and O–H groups in total. The van der Waals surface area contributed by atoms with Crippen LogP contribution in [-0.4, -0.2) is 71.4 Å². The number of nitrogens with one attached hydrogen (secondary N) is 1. The fourth-order valence-electron chi connectivity index (χ4n) is 5.68. The van der Waals surface area contributed by atoms with Crippen LogP contribution >= 0.6 is 11.6 Å². The Kier molecular flexibility index (Phi) is 5.71. The van der Waals surface area contributed by atoms with E-state index in [2.05, 4.69) is 22.2 Å². The van der Waals surface area contributed by atoms with Crippen LogP contribution in [0.3, 0.4) is 0 Å². The number of anilines is 1. The summed E-state index contributed by atoms with van der Waals surface area (Å²) in [5.74, 6) is 1.08. The third kappa shape index (κ3) is 4.06. The monoisotopic (exact) mass is 479 g/mol. The highest BCUT2D eigenvalue weighted by molar-refractivity contribution is 6.33. The number of rotatable bonds is 5. The molecule has 4 heterocycles. The minimum absolute atomic E-state index is 0.153. The summed E-state index contributed by atoms with van der Waals surface area (Å²) in [6, 6.07) is 13.0. The van der Waals surface area contributed by atoms with Gasteiger partial charge in [0, 0.05) is 42.2 Å². The number of hydrogen-bond donors (Lipinski definition) is 2. The molecule has 0 spiro atoms. The first-order valence-electron chi connectivity index (χ1n) is 12.2. The first-order chi connectivity index (χ1) is 16.5. The Morgan fingerprint density at radius 1 is 1.12 bits per heavy atom. The molecule has 0 saturated carbocycles. The number of fused-ring (bicyclic) bond motifs is 3. The van der Waals surface area contributed by atoms with Gasteiger partial charge < -0.3 is 25.0 Å². The van der Waals surface area contributed by atoms with Crippen molar-refractivity contribution in [3.63, 3.8) is 0 Å². The molecule has 3 aliphatic heterocycles. The average molecular weight is 480 g/mol. The number of hydrogen-bond acceptors (Lipinski definition) is 7. The Morgan fingerprint density at radius 2 is 1.94 bits per heavy atom. The molecule has 178 valence electrons. The van der Waals surface area contributed by atoms with E-state index in [0.29, 0.717) is 41.3 Å². The number of phenolic OH excluding ortho intramolecular Hbond substituents is 1. The SMILES string of the molecule is CN1CCC[C@H]1COc1nc(N2CC3CCC(C2)N3)c2ccc(-c3c(O)cccc3Cl)cc2n1. The summed E-state index contributed by atoms with van der Waals surface area (Å²) in [4.78, 5) is 14.4. The van der Waals surface area contributed by atoms with Crippen LogP contribution < -0.4 is 15.0 Å². The number of nitrogens with zero attached hydrogens (tertiary/aromatic N) is 4. The zero-order chi connectivity index (χ0) is 23.2. The van der Waals surface area contributed by atoms with E-state index >= 15 is 0 Å². The molecule has 2 aromatic carbocycles. The van der Waals surface area contributed by atoms with E-state index in [-0.39, 0.29) is 5.75 Å². The lowest BCUT2D eigenvalue weighted by Gasteiger charge is -2.34. The van der Waals surface area contributed by atoms with E-state index in [1.165, 1.54) is 19.3 Å². The van der Waals surface area contributed by atoms with E-state index in [9.17, 15) is 5.11 Å². The second kappa shape index (κ2) is 8.87. The maximum absolute atomic E-state index is 10.5. The molecule has 0 radical (unpaired) electrons. The number of ether oxygens (including phenoxy) is 1. The molecule has 34 heavy (non-hydrogen) atoms. The van der Waals surface area contributed by atoms with Gasteiger partial charge in [-0.1, -0.05) is 23.7 Å². The van der Waals surface area contributed by atoms with E-state index in [1.807, 2.05) is 18.2 Å². The summed E-state index contributed by atoms with van der Waals surface area (Å²) in [7, 11) is 2.15. The molecule has 3 saturated heterocycles. The van der Waals surface area contributed by atoms with Crippen molar-refractivity contribution in [3.05, 3.63) is 41.4 Å². The maximum Gasteiger partial charge on any atom is 0.319 e. The lowest BCUT2D eigenvalue weighted by Crippen LogP contribution is -2.51. The van der Waals surface area contributed by atoms with Gasteiger partial charge in [-0.25, -0.2) is 0 Å². The summed E-state index contributed by atoms with van der Waals surface area (Å²) in [6.45, 7) is 3.55. The molecule has 7 nitrogen and oxygen atoms in total. The lowest BCUT2D eigenvalue weighted by atomic mass is 10.0. The maximum atomic E-state index is 10.5. The molecule has 6 rings (SSSR count). The second-order valence-corrected chi connectivity index (χ2v) is 10.2. The summed E-state index contributed by atoms with van der Waals surface area (Å²) in [6.07, 6.45) is 4.74. The Morgan fingerprint density at radius 3 is 2.68 bits per heavy atom. The van der Waals surface area contributed by atoms with Gasteiger partial charge in [-0.15, -0.1) is 0 Å². The number of benzene rings is 2. The van der Waals surface area contributed by atoms with Crippen LogP contribution in [0.5, 0.6) is 11.8 Å². The fraction of sp³-hybridized carbons (Fsp3) is 0.462. The Labute approximate surface area is 204 Å². The van der Waals surface area contributed by atoms with Crippen LogP contribution in [-0.2, 0) is 0 Å². The Hall–Kier alpha value is -2.61. The molecule has 2 unspecified atom stereocenters. The Balaban J connectivity index is 1.41. The van der Waals surface area contributed by atoms with Crippen molar-refractivity contribution < 1.29 is 9.84 Å². The molecule has 3 atom stereocenters. The van der Waals surface area contributed by atoms with Gasteiger partial charge in [0.2, 0.25) is 0 Å². The molecular weight excluding hydrogens is 450 g/mol. The van der Waals surface area contributed by atoms with Crippen LogP contribution in [0, 0.1) is 0 Å². The average Bonchev–Trinajstić information content (AvgIpc) is 3.40. The molecule has 8 heteroatoms. The van der Waals surface area contributed by atoms with Crippen molar-refractivity contribution >= 4 is 28.3 Å². The number of aromatic hydroxyl groups is 1. The van der Waals surface area contributed by atoms with Gasteiger partial charge in [0.05, 0.1) is 10.5 Å². The van der Waals surface area contributed by atoms with Crippen molar-refractivity contribution in [1.82, 2.24) is 20.2 Å². The van der Waals surface area contributed by atoms with Crippen molar-refractivity contribution in [2.45, 2.75) is 43.8 Å². The third-order valence-corrected chi connectivity index (χ3v) is 7.84. The first kappa shape index (κ1) is 21.9. The largest absolute Gasteiger partial charge is 0.507 e. The highest BCUT2D eigenvalue weighted by Gasteiger charge is 2.34. The Bertz CT molecular complexity index is 1190. The van der Waals surface area contributed by atoms with Gasteiger partial charge in [0.1, 0.15) is 18.2 Å². The number of halogens is 1. The standard InChI is InChI=1S/C26H30ClN5O2/c1-31-11-3-4-19(31)15-34-26-29-22-12-16(24-21(27)5-2-6-23(24)33)7-10-20(22)25(30-26)32-13-17-8-9-18(14-32)28-17/h2,5-7,10,12,17-19,28,33H,3-4,8-9,11,13-15H2,1H3/t17?,18?,19-/m0/s1. The van der Waals surface area contributed by atoms with E-state index in [1.54, 1.807) is 18.2 Å². The van der Waals surface area contributed by atoms with Crippen molar-refractivity contribution in [3.8, 4) is 22.9 Å². The number of likely N-dealkylation sites (N-methyl/N-ethyl adjacent to an activating group) is 1. The van der Waals surface area contributed by atoms with Gasteiger partial charge in [-0.3, -0.25) is 0 Å². The fourth-order valence-corrected chi connectivity index (χ4v) is 5.96. The van der Waals surface area contributed by atoms with Gasteiger partial charge in [0.15, 0.2) is 0 Å². The van der Waals surface area contributed by atoms with Gasteiger partial charge in [-0.05, 0) is 69.1 Å². The number of likely N-dealkylation sites (tertiary alicyclic amines) is 1. The molecule has 0 amide bonds. The predicted octanol–water partition coefficient (Wildman–Crippen LogP) is 4.07. The van der Waals surface area contributed by atoms with Crippen molar-refractivity contribution in [2.75, 3.05) is 38.2 Å². The smallest absolute Gasteiger partial charge is 0.319 e. The van der Waals surface area contributed by atoms with Crippen molar-refractivity contribution in [1.29, 1.82) is 0 Å². The van der Waals surface area contributed by atoms with Crippen LogP contribution in [0.15, 0.2) is 36.4 Å². The normalized spacial score (nSPS) is 24.8. The topological polar surface area (TPSA) is 73.8 Å². The summed E-state index contributed by atoms with van der Waals surface area (Å²) in [5.41, 5.74) is 2.23. The molecule has 2 bridgehead atoms. The van der Waals surface area contributed by atoms with Gasteiger partial charge in [0.25, 0.3) is 0 Å². The first-order valence-corrected chi connectivity index (χ1v) is 12.6. The van der Waals surface area contributed by atoms with E-state index in [4.69, 9.17) is 26.3 Å². The third-order valence-electron chi connectivity index (χ3n) is 7.53. The van der Waals surface area contributed by atoms with Gasteiger partial charge >= 0.3 is 6.01 Å². The number of aromatic nitrogens is 2. The number of piperazine rings is 1. The van der Waals surface area contributed by atoms with Gasteiger partial charge in [-0.2, -0.15) is 9.97 Å². The quantitative estimate of drug-likeness (QED) is 0.571. The number of phenols is 1. The second-order valence-electron chi connectivity index (χ2n) is 9.83.